The van der Waals surface area contributed by atoms with E-state index in [0.717, 1.165) is 19.4 Å². The number of halogens is 1. The Morgan fingerprint density at radius 1 is 1.12 bits per heavy atom. The molecule has 2 heterocycles. The first-order valence-corrected chi connectivity index (χ1v) is 8.25. The number of carbonyl (C=O) groups is 3. The molecule has 25 heavy (non-hydrogen) atoms. The molecule has 0 saturated carbocycles. The maximum atomic E-state index is 12.7. The molecule has 2 fully saturated rings. The molecule has 2 saturated heterocycles. The van der Waals surface area contributed by atoms with E-state index in [2.05, 4.69) is 5.32 Å². The minimum Gasteiger partial charge on any atom is -0.366 e. The van der Waals surface area contributed by atoms with Gasteiger partial charge in [-0.25, -0.2) is 0 Å². The van der Waals surface area contributed by atoms with Crippen LogP contribution in [-0.2, 0) is 4.79 Å². The number of likely N-dealkylation sites (tertiary alicyclic amines) is 1. The van der Waals surface area contributed by atoms with Crippen LogP contribution in [0.2, 0.25) is 0 Å². The Labute approximate surface area is 152 Å². The van der Waals surface area contributed by atoms with E-state index >= 15 is 0 Å². The Bertz CT molecular complexity index is 650. The maximum Gasteiger partial charge on any atom is 0.253 e. The summed E-state index contributed by atoms with van der Waals surface area (Å²) < 4.78 is 0. The molecule has 136 valence electrons. The lowest BCUT2D eigenvalue weighted by Crippen LogP contribution is -2.57. The van der Waals surface area contributed by atoms with Gasteiger partial charge in [-0.3, -0.25) is 14.4 Å². The molecule has 1 unspecified atom stereocenters. The van der Waals surface area contributed by atoms with Crippen molar-refractivity contribution in [2.75, 3.05) is 32.7 Å². The fraction of sp³-hybridized carbons (Fsp3) is 0.471. The van der Waals surface area contributed by atoms with Gasteiger partial charge in [-0.1, -0.05) is 0 Å². The third kappa shape index (κ3) is 4.29. The van der Waals surface area contributed by atoms with Gasteiger partial charge in [0, 0.05) is 43.3 Å². The lowest BCUT2D eigenvalue weighted by molar-refractivity contribution is -0.135. The van der Waals surface area contributed by atoms with Gasteiger partial charge in [0.25, 0.3) is 5.91 Å². The van der Waals surface area contributed by atoms with Crippen molar-refractivity contribution >= 4 is 30.1 Å². The van der Waals surface area contributed by atoms with Gasteiger partial charge in [0.1, 0.15) is 0 Å². The van der Waals surface area contributed by atoms with Gasteiger partial charge in [0.2, 0.25) is 11.8 Å². The molecule has 0 bridgehead atoms. The number of benzene rings is 1. The van der Waals surface area contributed by atoms with E-state index in [9.17, 15) is 14.4 Å². The summed E-state index contributed by atoms with van der Waals surface area (Å²) in [4.78, 5) is 39.5. The van der Waals surface area contributed by atoms with Crippen LogP contribution in [0.15, 0.2) is 24.3 Å². The molecule has 2 aliphatic heterocycles. The van der Waals surface area contributed by atoms with Crippen LogP contribution in [0.5, 0.6) is 0 Å². The number of hydrogen-bond donors (Lipinski definition) is 2. The Morgan fingerprint density at radius 3 is 2.44 bits per heavy atom. The van der Waals surface area contributed by atoms with Crippen LogP contribution in [0.25, 0.3) is 0 Å². The zero-order valence-corrected chi connectivity index (χ0v) is 14.8. The second kappa shape index (κ2) is 8.31. The number of nitrogens with zero attached hydrogens (tertiary/aromatic N) is 2. The maximum absolute atomic E-state index is 12.7. The molecule has 0 aliphatic carbocycles. The number of nitrogens with two attached hydrogens (primary N) is 1. The Morgan fingerprint density at radius 2 is 1.80 bits per heavy atom. The molecule has 2 aliphatic rings. The molecular weight excluding hydrogens is 344 g/mol. The third-order valence-corrected chi connectivity index (χ3v) is 4.67. The van der Waals surface area contributed by atoms with Crippen molar-refractivity contribution in [3.63, 3.8) is 0 Å². The van der Waals surface area contributed by atoms with Crippen LogP contribution >= 0.6 is 12.4 Å². The molecule has 0 radical (unpaired) electrons. The fourth-order valence-corrected chi connectivity index (χ4v) is 3.36. The molecule has 3 N–H and O–H groups in total. The average molecular weight is 367 g/mol. The van der Waals surface area contributed by atoms with E-state index < -0.39 is 5.91 Å². The second-order valence-corrected chi connectivity index (χ2v) is 6.25. The Balaban J connectivity index is 0.00000225. The van der Waals surface area contributed by atoms with Crippen molar-refractivity contribution in [3.8, 4) is 0 Å². The van der Waals surface area contributed by atoms with Crippen molar-refractivity contribution in [2.45, 2.75) is 18.9 Å². The quantitative estimate of drug-likeness (QED) is 0.801. The predicted octanol–water partition coefficient (Wildman–Crippen LogP) is 0.244. The largest absolute Gasteiger partial charge is 0.366 e. The van der Waals surface area contributed by atoms with Crippen LogP contribution in [0.3, 0.4) is 0 Å². The summed E-state index contributed by atoms with van der Waals surface area (Å²) in [5, 5.41) is 3.07. The first-order chi connectivity index (χ1) is 11.6. The highest BCUT2D eigenvalue weighted by Gasteiger charge is 2.31. The number of carbonyl (C=O) groups excluding carboxylic acids is 3. The molecule has 0 spiro atoms. The summed E-state index contributed by atoms with van der Waals surface area (Å²) in [6, 6.07) is 6.47. The van der Waals surface area contributed by atoms with E-state index in [0.29, 0.717) is 37.3 Å². The summed E-state index contributed by atoms with van der Waals surface area (Å²) in [5.41, 5.74) is 6.14. The first-order valence-electron chi connectivity index (χ1n) is 8.25. The summed E-state index contributed by atoms with van der Waals surface area (Å²) >= 11 is 0. The molecule has 7 nitrogen and oxygen atoms in total. The van der Waals surface area contributed by atoms with Crippen molar-refractivity contribution in [1.82, 2.24) is 15.1 Å². The lowest BCUT2D eigenvalue weighted by atomic mass is 10.0. The van der Waals surface area contributed by atoms with Crippen LogP contribution < -0.4 is 11.1 Å². The molecule has 1 aromatic rings. The first kappa shape index (κ1) is 19.2. The summed E-state index contributed by atoms with van der Waals surface area (Å²) in [6.45, 7) is 3.11. The number of primary amides is 1. The zero-order valence-electron chi connectivity index (χ0n) is 13.9. The summed E-state index contributed by atoms with van der Waals surface area (Å²) in [5.74, 6) is -0.478. The molecule has 3 rings (SSSR count). The van der Waals surface area contributed by atoms with Gasteiger partial charge in [0.15, 0.2) is 0 Å². The van der Waals surface area contributed by atoms with Crippen molar-refractivity contribution < 1.29 is 14.4 Å². The molecule has 1 atom stereocenters. The lowest BCUT2D eigenvalue weighted by Gasteiger charge is -2.41. The number of hydrogen-bond acceptors (Lipinski definition) is 4. The van der Waals surface area contributed by atoms with Gasteiger partial charge in [-0.15, -0.1) is 12.4 Å². The van der Waals surface area contributed by atoms with Crippen LogP contribution in [0.4, 0.5) is 0 Å². The SMILES string of the molecule is Cl.NC(=O)c1ccc(C(=O)N2CCCC(N3CCNCC3=O)C2)cc1. The third-order valence-electron chi connectivity index (χ3n) is 4.67. The number of rotatable bonds is 3. The van der Waals surface area contributed by atoms with E-state index in [-0.39, 0.29) is 30.3 Å². The Kier molecular flexibility index (Phi) is 6.39. The number of piperazine rings is 1. The topological polar surface area (TPSA) is 95.7 Å². The van der Waals surface area contributed by atoms with Crippen molar-refractivity contribution in [1.29, 1.82) is 0 Å². The number of nitrogens with one attached hydrogen (secondary N) is 1. The second-order valence-electron chi connectivity index (χ2n) is 6.25. The van der Waals surface area contributed by atoms with E-state index in [1.807, 2.05) is 4.90 Å². The zero-order chi connectivity index (χ0) is 17.1. The molecular formula is C17H23ClN4O3. The summed E-state index contributed by atoms with van der Waals surface area (Å²) in [7, 11) is 0. The number of amides is 3. The fourth-order valence-electron chi connectivity index (χ4n) is 3.36. The van der Waals surface area contributed by atoms with Crippen LogP contribution in [0, 0.1) is 0 Å². The van der Waals surface area contributed by atoms with Gasteiger partial charge in [0.05, 0.1) is 6.54 Å². The average Bonchev–Trinajstić information content (AvgIpc) is 2.61. The highest BCUT2D eigenvalue weighted by molar-refractivity contribution is 5.97. The highest BCUT2D eigenvalue weighted by atomic mass is 35.5. The van der Waals surface area contributed by atoms with Gasteiger partial charge >= 0.3 is 0 Å². The Hall–Kier alpha value is -2.12. The van der Waals surface area contributed by atoms with Crippen LogP contribution in [0.1, 0.15) is 33.6 Å². The van der Waals surface area contributed by atoms with Crippen LogP contribution in [-0.4, -0.2) is 66.3 Å². The molecule has 3 amide bonds. The monoisotopic (exact) mass is 366 g/mol. The predicted molar refractivity (Wildman–Crippen MR) is 95.7 cm³/mol. The molecule has 0 aromatic heterocycles. The highest BCUT2D eigenvalue weighted by Crippen LogP contribution is 2.19. The minimum atomic E-state index is -0.510. The van der Waals surface area contributed by atoms with Gasteiger partial charge < -0.3 is 20.9 Å². The van der Waals surface area contributed by atoms with Crippen molar-refractivity contribution in [3.05, 3.63) is 35.4 Å². The van der Waals surface area contributed by atoms with E-state index in [1.54, 1.807) is 29.2 Å². The summed E-state index contributed by atoms with van der Waals surface area (Å²) in [6.07, 6.45) is 1.81. The van der Waals surface area contributed by atoms with Crippen molar-refractivity contribution in [2.24, 2.45) is 5.73 Å². The van der Waals surface area contributed by atoms with Gasteiger partial charge in [-0.2, -0.15) is 0 Å². The van der Waals surface area contributed by atoms with Gasteiger partial charge in [-0.05, 0) is 37.1 Å². The minimum absolute atomic E-state index is 0. The van der Waals surface area contributed by atoms with E-state index in [1.165, 1.54) is 0 Å². The number of piperidine rings is 1. The standard InChI is InChI=1S/C17H22N4O3.ClH/c18-16(23)12-3-5-13(6-4-12)17(24)20-8-1-2-14(11-20)21-9-7-19-10-15(21)22;/h3-6,14,19H,1-2,7-11H2,(H2,18,23);1H. The molecule has 1 aromatic carbocycles. The van der Waals surface area contributed by atoms with E-state index in [4.69, 9.17) is 5.73 Å². The normalized spacial score (nSPS) is 20.8. The molecule has 8 heteroatoms. The smallest absolute Gasteiger partial charge is 0.253 e.